The zero-order valence-electron chi connectivity index (χ0n) is 27.2. The molecule has 0 spiro atoms. The molecule has 0 radical (unpaired) electrons. The zero-order chi connectivity index (χ0) is 33.6. The minimum absolute atomic E-state index is 0.00715. The molecule has 8 heteroatoms. The Morgan fingerprint density at radius 2 is 1.28 bits per heavy atom. The summed E-state index contributed by atoms with van der Waals surface area (Å²) in [7, 11) is -4.11. The molecule has 1 unspecified atom stereocenters. The standard InChI is InChI=1S/C39H44N2O5S/c1-3-5-10-30-15-26-36(27-16-30)47(45,46)41-39(44)34(17-14-29-11-8-7-9-12-29)28-37(42)33-20-18-31(19-21-33)32-22-24-35(25-23-32)40-38(43)13-6-4-2/h7-9,11-12,15-16,18-27,34H,3-6,10,13-14,17,28H2,1-2H3,(H,40,43)(H,41,44). The van der Waals surface area contributed by atoms with Crippen LogP contribution in [0, 0.1) is 5.92 Å². The van der Waals surface area contributed by atoms with Crippen molar-refractivity contribution >= 4 is 33.3 Å². The van der Waals surface area contributed by atoms with E-state index in [-0.39, 0.29) is 23.0 Å². The van der Waals surface area contributed by atoms with E-state index in [1.807, 2.05) is 73.7 Å². The van der Waals surface area contributed by atoms with Crippen molar-refractivity contribution in [2.24, 2.45) is 5.92 Å². The highest BCUT2D eigenvalue weighted by atomic mass is 32.2. The molecule has 246 valence electrons. The number of carbonyl (C=O) groups excluding carboxylic acids is 3. The second-order valence-electron chi connectivity index (χ2n) is 11.9. The predicted molar refractivity (Wildman–Crippen MR) is 188 cm³/mol. The maximum atomic E-state index is 13.4. The molecule has 7 nitrogen and oxygen atoms in total. The summed E-state index contributed by atoms with van der Waals surface area (Å²) in [6, 6.07) is 30.8. The number of hydrogen-bond acceptors (Lipinski definition) is 5. The number of rotatable bonds is 17. The van der Waals surface area contributed by atoms with Gasteiger partial charge in [0.1, 0.15) is 0 Å². The summed E-state index contributed by atoms with van der Waals surface area (Å²) in [5.41, 5.74) is 5.04. The Balaban J connectivity index is 1.44. The average molecular weight is 653 g/mol. The van der Waals surface area contributed by atoms with Gasteiger partial charge in [-0.05, 0) is 78.6 Å². The highest BCUT2D eigenvalue weighted by Crippen LogP contribution is 2.24. The summed E-state index contributed by atoms with van der Waals surface area (Å²) in [5.74, 6) is -1.79. The van der Waals surface area contributed by atoms with E-state index in [1.54, 1.807) is 24.3 Å². The number of benzene rings is 4. The summed E-state index contributed by atoms with van der Waals surface area (Å²) < 4.78 is 28.5. The van der Waals surface area contributed by atoms with Gasteiger partial charge in [-0.3, -0.25) is 14.4 Å². The van der Waals surface area contributed by atoms with Crippen molar-refractivity contribution in [2.75, 3.05) is 5.32 Å². The number of aryl methyl sites for hydroxylation is 2. The molecule has 2 amide bonds. The first-order valence-electron chi connectivity index (χ1n) is 16.4. The van der Waals surface area contributed by atoms with E-state index in [4.69, 9.17) is 0 Å². The minimum Gasteiger partial charge on any atom is -0.326 e. The van der Waals surface area contributed by atoms with Crippen molar-refractivity contribution in [1.82, 2.24) is 4.72 Å². The monoisotopic (exact) mass is 652 g/mol. The van der Waals surface area contributed by atoms with Crippen molar-refractivity contribution in [3.8, 4) is 11.1 Å². The second kappa shape index (κ2) is 17.4. The van der Waals surface area contributed by atoms with Gasteiger partial charge in [0, 0.05) is 30.0 Å². The molecule has 0 aromatic heterocycles. The van der Waals surface area contributed by atoms with Gasteiger partial charge in [-0.25, -0.2) is 13.1 Å². The molecule has 0 fully saturated rings. The Bertz CT molecular complexity index is 1720. The van der Waals surface area contributed by atoms with Crippen LogP contribution in [-0.2, 0) is 32.5 Å². The van der Waals surface area contributed by atoms with Gasteiger partial charge < -0.3 is 5.32 Å². The Morgan fingerprint density at radius 1 is 0.681 bits per heavy atom. The number of nitrogens with one attached hydrogen (secondary N) is 2. The molecule has 0 aliphatic carbocycles. The molecule has 0 heterocycles. The van der Waals surface area contributed by atoms with Gasteiger partial charge in [0.15, 0.2) is 5.78 Å². The third-order valence-corrected chi connectivity index (χ3v) is 9.54. The van der Waals surface area contributed by atoms with E-state index < -0.39 is 21.8 Å². The fourth-order valence-corrected chi connectivity index (χ4v) is 6.34. The minimum atomic E-state index is -4.11. The van der Waals surface area contributed by atoms with Crippen LogP contribution in [0.2, 0.25) is 0 Å². The molecule has 4 rings (SSSR count). The highest BCUT2D eigenvalue weighted by Gasteiger charge is 2.27. The maximum Gasteiger partial charge on any atom is 0.264 e. The predicted octanol–water partition coefficient (Wildman–Crippen LogP) is 8.15. The molecule has 4 aromatic rings. The first-order chi connectivity index (χ1) is 22.7. The van der Waals surface area contributed by atoms with Crippen molar-refractivity contribution < 1.29 is 22.8 Å². The lowest BCUT2D eigenvalue weighted by atomic mass is 9.91. The van der Waals surface area contributed by atoms with Crippen molar-refractivity contribution in [3.63, 3.8) is 0 Å². The lowest BCUT2D eigenvalue weighted by Gasteiger charge is -2.17. The summed E-state index contributed by atoms with van der Waals surface area (Å²) in [6.45, 7) is 4.15. The van der Waals surface area contributed by atoms with Gasteiger partial charge in [0.25, 0.3) is 10.0 Å². The van der Waals surface area contributed by atoms with E-state index >= 15 is 0 Å². The van der Waals surface area contributed by atoms with Crippen LogP contribution >= 0.6 is 0 Å². The Labute approximate surface area is 278 Å². The Hall–Kier alpha value is -4.56. The molecule has 1 atom stereocenters. The maximum absolute atomic E-state index is 13.4. The lowest BCUT2D eigenvalue weighted by Crippen LogP contribution is -2.37. The molecular formula is C39H44N2O5S. The van der Waals surface area contributed by atoms with Crippen LogP contribution in [0.1, 0.15) is 80.3 Å². The number of anilines is 1. The van der Waals surface area contributed by atoms with Crippen LogP contribution in [0.5, 0.6) is 0 Å². The SMILES string of the molecule is CCCCC(=O)Nc1ccc(-c2ccc(C(=O)CC(CCc3ccccc3)C(=O)NS(=O)(=O)c3ccc(CCCC)cc3)cc2)cc1. The summed E-state index contributed by atoms with van der Waals surface area (Å²) in [6.07, 6.45) is 5.91. The molecule has 2 N–H and O–H groups in total. The molecule has 0 aliphatic rings. The van der Waals surface area contributed by atoms with E-state index in [1.165, 1.54) is 12.1 Å². The number of Topliss-reactive ketones (excluding diaryl/α,β-unsaturated/α-hetero) is 1. The van der Waals surface area contributed by atoms with Gasteiger partial charge in [0.2, 0.25) is 11.8 Å². The fourth-order valence-electron chi connectivity index (χ4n) is 5.30. The first-order valence-corrected chi connectivity index (χ1v) is 17.9. The van der Waals surface area contributed by atoms with Crippen molar-refractivity contribution in [1.29, 1.82) is 0 Å². The van der Waals surface area contributed by atoms with E-state index in [0.717, 1.165) is 60.0 Å². The third kappa shape index (κ3) is 10.7. The molecule has 47 heavy (non-hydrogen) atoms. The van der Waals surface area contributed by atoms with Crippen LogP contribution in [0.3, 0.4) is 0 Å². The number of unbranched alkanes of at least 4 members (excludes halogenated alkanes) is 2. The highest BCUT2D eigenvalue weighted by molar-refractivity contribution is 7.90. The number of sulfonamides is 1. The molecule has 0 saturated carbocycles. The first kappa shape index (κ1) is 35.3. The number of amides is 2. The zero-order valence-corrected chi connectivity index (χ0v) is 28.0. The second-order valence-corrected chi connectivity index (χ2v) is 13.6. The third-order valence-electron chi connectivity index (χ3n) is 8.18. The lowest BCUT2D eigenvalue weighted by molar-refractivity contribution is -0.123. The Kier molecular flexibility index (Phi) is 13.1. The molecular weight excluding hydrogens is 609 g/mol. The van der Waals surface area contributed by atoms with Crippen LogP contribution in [0.4, 0.5) is 5.69 Å². The smallest absolute Gasteiger partial charge is 0.264 e. The van der Waals surface area contributed by atoms with Gasteiger partial charge in [-0.2, -0.15) is 0 Å². The Morgan fingerprint density at radius 3 is 1.89 bits per heavy atom. The summed E-state index contributed by atoms with van der Waals surface area (Å²) >= 11 is 0. The number of carbonyl (C=O) groups is 3. The van der Waals surface area contributed by atoms with Gasteiger partial charge in [0.05, 0.1) is 4.90 Å². The van der Waals surface area contributed by atoms with Crippen molar-refractivity contribution in [3.05, 3.63) is 120 Å². The van der Waals surface area contributed by atoms with E-state index in [0.29, 0.717) is 24.8 Å². The van der Waals surface area contributed by atoms with Gasteiger partial charge in [-0.1, -0.05) is 106 Å². The molecule has 0 bridgehead atoms. The largest absolute Gasteiger partial charge is 0.326 e. The normalized spacial score (nSPS) is 11.9. The molecule has 0 saturated heterocycles. The quantitative estimate of drug-likeness (QED) is 0.112. The van der Waals surface area contributed by atoms with Crippen LogP contribution < -0.4 is 10.0 Å². The van der Waals surface area contributed by atoms with Crippen LogP contribution in [0.15, 0.2) is 108 Å². The molecule has 4 aromatic carbocycles. The molecule has 0 aliphatic heterocycles. The van der Waals surface area contributed by atoms with Gasteiger partial charge >= 0.3 is 0 Å². The average Bonchev–Trinajstić information content (AvgIpc) is 3.09. The van der Waals surface area contributed by atoms with E-state index in [2.05, 4.69) is 17.0 Å². The van der Waals surface area contributed by atoms with Gasteiger partial charge in [-0.15, -0.1) is 0 Å². The summed E-state index contributed by atoms with van der Waals surface area (Å²) in [4.78, 5) is 38.9. The topological polar surface area (TPSA) is 109 Å². The summed E-state index contributed by atoms with van der Waals surface area (Å²) in [5, 5.41) is 2.91. The van der Waals surface area contributed by atoms with Crippen molar-refractivity contribution in [2.45, 2.75) is 76.5 Å². The van der Waals surface area contributed by atoms with Crippen LogP contribution in [-0.4, -0.2) is 26.0 Å². The number of ketones is 1. The number of hydrogen-bond donors (Lipinski definition) is 2. The van der Waals surface area contributed by atoms with Crippen LogP contribution in [0.25, 0.3) is 11.1 Å². The van der Waals surface area contributed by atoms with E-state index in [9.17, 15) is 22.8 Å². The fraction of sp³-hybridized carbons (Fsp3) is 0.308.